The van der Waals surface area contributed by atoms with Crippen molar-refractivity contribution in [3.05, 3.63) is 39.7 Å². The summed E-state index contributed by atoms with van der Waals surface area (Å²) < 4.78 is 19.2. The van der Waals surface area contributed by atoms with E-state index in [0.29, 0.717) is 18.2 Å². The van der Waals surface area contributed by atoms with Gasteiger partial charge in [-0.05, 0) is 50.4 Å². The average molecular weight is 282 g/mol. The smallest absolute Gasteiger partial charge is 0.304 e. The van der Waals surface area contributed by atoms with Crippen LogP contribution in [0.15, 0.2) is 18.2 Å². The molecular formula is C14H19FN2O3. The van der Waals surface area contributed by atoms with E-state index in [4.69, 9.17) is 4.74 Å². The number of hydrogen-bond donors (Lipinski definition) is 1. The number of benzene rings is 1. The average Bonchev–Trinajstić information content (AvgIpc) is 2.45. The zero-order chi connectivity index (χ0) is 14.5. The van der Waals surface area contributed by atoms with Crippen LogP contribution in [0.3, 0.4) is 0 Å². The maximum absolute atomic E-state index is 13.5. The van der Waals surface area contributed by atoms with Crippen molar-refractivity contribution < 1.29 is 14.1 Å². The van der Waals surface area contributed by atoms with Gasteiger partial charge >= 0.3 is 5.69 Å². The Balaban J connectivity index is 1.85. The molecule has 20 heavy (non-hydrogen) atoms. The second kappa shape index (κ2) is 6.76. The molecule has 1 saturated carbocycles. The molecule has 0 unspecified atom stereocenters. The number of ether oxygens (including phenoxy) is 1. The highest BCUT2D eigenvalue weighted by molar-refractivity contribution is 5.34. The Hall–Kier alpha value is -1.53. The molecule has 0 spiro atoms. The van der Waals surface area contributed by atoms with Crippen LogP contribution in [0.2, 0.25) is 0 Å². The summed E-state index contributed by atoms with van der Waals surface area (Å²) in [6, 6.07) is 4.47. The first-order valence-electron chi connectivity index (χ1n) is 6.82. The Labute approximate surface area is 117 Å². The Bertz CT molecular complexity index is 473. The van der Waals surface area contributed by atoms with E-state index in [0.717, 1.165) is 25.7 Å². The monoisotopic (exact) mass is 282 g/mol. The molecule has 2 rings (SSSR count). The summed E-state index contributed by atoms with van der Waals surface area (Å²) in [6.45, 7) is 0.295. The molecule has 0 aliphatic heterocycles. The third-order valence-electron chi connectivity index (χ3n) is 3.78. The van der Waals surface area contributed by atoms with Gasteiger partial charge in [-0.2, -0.15) is 4.39 Å². The van der Waals surface area contributed by atoms with E-state index in [-0.39, 0.29) is 6.10 Å². The van der Waals surface area contributed by atoms with E-state index in [1.807, 2.05) is 7.05 Å². The van der Waals surface area contributed by atoms with Gasteiger partial charge in [0, 0.05) is 12.1 Å². The number of hydrogen-bond acceptors (Lipinski definition) is 4. The van der Waals surface area contributed by atoms with E-state index >= 15 is 0 Å². The van der Waals surface area contributed by atoms with Crippen molar-refractivity contribution >= 4 is 5.69 Å². The van der Waals surface area contributed by atoms with Gasteiger partial charge in [0.2, 0.25) is 5.82 Å². The molecule has 0 radical (unpaired) electrons. The fourth-order valence-electron chi connectivity index (χ4n) is 2.52. The van der Waals surface area contributed by atoms with Crippen molar-refractivity contribution in [2.75, 3.05) is 7.05 Å². The van der Waals surface area contributed by atoms with Gasteiger partial charge in [-0.3, -0.25) is 10.1 Å². The van der Waals surface area contributed by atoms with Crippen LogP contribution in [-0.2, 0) is 11.3 Å². The van der Waals surface area contributed by atoms with E-state index < -0.39 is 16.4 Å². The molecule has 1 aromatic rings. The fourth-order valence-corrected chi connectivity index (χ4v) is 2.52. The molecule has 0 atom stereocenters. The van der Waals surface area contributed by atoms with Gasteiger partial charge < -0.3 is 10.1 Å². The number of rotatable bonds is 5. The molecular weight excluding hydrogens is 263 g/mol. The fraction of sp³-hybridized carbons (Fsp3) is 0.571. The highest BCUT2D eigenvalue weighted by atomic mass is 19.1. The van der Waals surface area contributed by atoms with Gasteiger partial charge in [-0.1, -0.05) is 0 Å². The van der Waals surface area contributed by atoms with Gasteiger partial charge in [0.15, 0.2) is 0 Å². The molecule has 6 heteroatoms. The van der Waals surface area contributed by atoms with Gasteiger partial charge in [0.25, 0.3) is 0 Å². The molecule has 110 valence electrons. The Morgan fingerprint density at radius 2 is 2.10 bits per heavy atom. The van der Waals surface area contributed by atoms with E-state index in [1.54, 1.807) is 6.07 Å². The first-order valence-corrected chi connectivity index (χ1v) is 6.82. The maximum Gasteiger partial charge on any atom is 0.304 e. The third kappa shape index (κ3) is 3.74. The van der Waals surface area contributed by atoms with Crippen LogP contribution >= 0.6 is 0 Å². The van der Waals surface area contributed by atoms with Crippen molar-refractivity contribution in [2.45, 2.75) is 44.4 Å². The first-order chi connectivity index (χ1) is 9.60. The number of halogens is 1. The minimum atomic E-state index is -0.810. The Kier molecular flexibility index (Phi) is 5.03. The number of nitro benzene ring substituents is 1. The lowest BCUT2D eigenvalue weighted by atomic mass is 9.93. The lowest BCUT2D eigenvalue weighted by Gasteiger charge is -2.28. The first kappa shape index (κ1) is 14.9. The quantitative estimate of drug-likeness (QED) is 0.666. The minimum absolute atomic E-state index is 0.192. The Morgan fingerprint density at radius 1 is 1.40 bits per heavy atom. The van der Waals surface area contributed by atoms with Gasteiger partial charge in [-0.25, -0.2) is 0 Å². The van der Waals surface area contributed by atoms with Crippen LogP contribution in [0, 0.1) is 15.9 Å². The summed E-state index contributed by atoms with van der Waals surface area (Å²) in [7, 11) is 1.96. The van der Waals surface area contributed by atoms with Crippen molar-refractivity contribution in [3.8, 4) is 0 Å². The van der Waals surface area contributed by atoms with Gasteiger partial charge in [0.1, 0.15) is 0 Å². The second-order valence-electron chi connectivity index (χ2n) is 5.12. The molecule has 0 bridgehead atoms. The van der Waals surface area contributed by atoms with Crippen molar-refractivity contribution in [3.63, 3.8) is 0 Å². The van der Waals surface area contributed by atoms with E-state index in [1.165, 1.54) is 12.1 Å². The van der Waals surface area contributed by atoms with Gasteiger partial charge in [-0.15, -0.1) is 0 Å². The molecule has 0 aromatic heterocycles. The number of nitro groups is 1. The molecule has 1 aromatic carbocycles. The lowest BCUT2D eigenvalue weighted by molar-refractivity contribution is -0.387. The van der Waals surface area contributed by atoms with Crippen LogP contribution in [0.1, 0.15) is 31.2 Å². The summed E-state index contributed by atoms with van der Waals surface area (Å²) in [5.41, 5.74) is 0.132. The van der Waals surface area contributed by atoms with Crippen LogP contribution in [0.25, 0.3) is 0 Å². The highest BCUT2D eigenvalue weighted by Crippen LogP contribution is 2.23. The van der Waals surface area contributed by atoms with E-state index in [2.05, 4.69) is 5.32 Å². The molecule has 0 saturated heterocycles. The summed E-state index contributed by atoms with van der Waals surface area (Å²) >= 11 is 0. The minimum Gasteiger partial charge on any atom is -0.374 e. The van der Waals surface area contributed by atoms with Gasteiger partial charge in [0.05, 0.1) is 17.6 Å². The highest BCUT2D eigenvalue weighted by Gasteiger charge is 2.20. The summed E-state index contributed by atoms with van der Waals surface area (Å²) in [6.07, 6.45) is 4.32. The summed E-state index contributed by atoms with van der Waals surface area (Å²) in [5.74, 6) is -0.810. The number of nitrogens with zero attached hydrogens (tertiary/aromatic N) is 1. The van der Waals surface area contributed by atoms with Crippen LogP contribution in [-0.4, -0.2) is 24.1 Å². The molecule has 1 aliphatic rings. The predicted molar refractivity (Wildman–Crippen MR) is 72.9 cm³/mol. The lowest BCUT2D eigenvalue weighted by Crippen LogP contribution is -2.32. The molecule has 0 amide bonds. The largest absolute Gasteiger partial charge is 0.374 e. The van der Waals surface area contributed by atoms with Crippen LogP contribution in [0.5, 0.6) is 0 Å². The summed E-state index contributed by atoms with van der Waals surface area (Å²) in [4.78, 5) is 9.80. The summed E-state index contributed by atoms with van der Waals surface area (Å²) in [5, 5.41) is 13.8. The molecule has 1 aliphatic carbocycles. The van der Waals surface area contributed by atoms with Crippen LogP contribution in [0.4, 0.5) is 10.1 Å². The van der Waals surface area contributed by atoms with Crippen LogP contribution < -0.4 is 5.32 Å². The standard InChI is InChI=1S/C14H19FN2O3/c1-16-11-3-5-12(6-4-11)20-9-10-2-7-14(17(18)19)13(15)8-10/h2,7-8,11-12,16H,3-6,9H2,1H3. The third-order valence-corrected chi connectivity index (χ3v) is 3.78. The zero-order valence-electron chi connectivity index (χ0n) is 11.5. The molecule has 0 heterocycles. The van der Waals surface area contributed by atoms with Crippen molar-refractivity contribution in [1.82, 2.24) is 5.32 Å². The van der Waals surface area contributed by atoms with E-state index in [9.17, 15) is 14.5 Å². The normalized spacial score (nSPS) is 22.7. The molecule has 5 nitrogen and oxygen atoms in total. The second-order valence-corrected chi connectivity index (χ2v) is 5.12. The SMILES string of the molecule is CNC1CCC(OCc2ccc([N+](=O)[O-])c(F)c2)CC1. The zero-order valence-corrected chi connectivity index (χ0v) is 11.5. The predicted octanol–water partition coefficient (Wildman–Crippen LogP) is 2.78. The number of nitrogens with one attached hydrogen (secondary N) is 1. The van der Waals surface area contributed by atoms with Crippen molar-refractivity contribution in [1.29, 1.82) is 0 Å². The topological polar surface area (TPSA) is 64.4 Å². The molecule has 1 N–H and O–H groups in total. The van der Waals surface area contributed by atoms with Crippen molar-refractivity contribution in [2.24, 2.45) is 0 Å². The Morgan fingerprint density at radius 3 is 2.65 bits per heavy atom. The maximum atomic E-state index is 13.5. The molecule has 1 fully saturated rings.